The number of rotatable bonds is 5. The summed E-state index contributed by atoms with van der Waals surface area (Å²) in [6.07, 6.45) is 2.06. The zero-order valence-electron chi connectivity index (χ0n) is 12.1. The number of carbonyl (C=O) groups excluding carboxylic acids is 1. The van der Waals surface area contributed by atoms with E-state index in [1.807, 2.05) is 0 Å². The van der Waals surface area contributed by atoms with Gasteiger partial charge in [0.05, 0.1) is 5.92 Å². The van der Waals surface area contributed by atoms with Crippen molar-refractivity contribution in [2.75, 3.05) is 26.2 Å². The van der Waals surface area contributed by atoms with E-state index in [2.05, 4.69) is 50.4 Å². The smallest absolute Gasteiger partial charge is 0.224 e. The van der Waals surface area contributed by atoms with Crippen LogP contribution in [0.5, 0.6) is 0 Å². The highest BCUT2D eigenvalue weighted by atomic mass is 79.9. The quantitative estimate of drug-likeness (QED) is 0.828. The molecule has 1 atom stereocenters. The average Bonchev–Trinajstić information content (AvgIpc) is 2.47. The van der Waals surface area contributed by atoms with Crippen LogP contribution in [0.3, 0.4) is 0 Å². The summed E-state index contributed by atoms with van der Waals surface area (Å²) in [6, 6.07) is 8.37. The minimum atomic E-state index is 0. The Bertz CT molecular complexity index is 441. The number of hydrogen-bond donors (Lipinski definition) is 2. The number of piperidine rings is 1. The molecule has 1 unspecified atom stereocenters. The van der Waals surface area contributed by atoms with Crippen molar-refractivity contribution < 1.29 is 4.79 Å². The van der Waals surface area contributed by atoms with Gasteiger partial charge in [0.1, 0.15) is 0 Å². The Labute approximate surface area is 141 Å². The molecule has 118 valence electrons. The Morgan fingerprint density at radius 3 is 2.76 bits per heavy atom. The summed E-state index contributed by atoms with van der Waals surface area (Å²) in [5, 5.41) is 2.90. The number of nitrogens with two attached hydrogens (primary N) is 1. The van der Waals surface area contributed by atoms with Gasteiger partial charge in [-0.3, -0.25) is 9.69 Å². The Balaban J connectivity index is 0.00000220. The highest BCUT2D eigenvalue weighted by Gasteiger charge is 2.25. The average molecular weight is 377 g/mol. The molecule has 6 heteroatoms. The molecular formula is C15H23BrClN3O. The minimum absolute atomic E-state index is 0. The zero-order chi connectivity index (χ0) is 14.4. The normalized spacial score (nSPS) is 18.9. The maximum absolute atomic E-state index is 12.0. The van der Waals surface area contributed by atoms with Crippen LogP contribution in [0, 0.1) is 5.92 Å². The van der Waals surface area contributed by atoms with E-state index in [0.717, 1.165) is 36.9 Å². The number of benzene rings is 1. The Morgan fingerprint density at radius 1 is 1.38 bits per heavy atom. The third kappa shape index (κ3) is 5.94. The van der Waals surface area contributed by atoms with E-state index in [1.165, 1.54) is 5.56 Å². The van der Waals surface area contributed by atoms with Crippen molar-refractivity contribution in [3.05, 3.63) is 34.3 Å². The van der Waals surface area contributed by atoms with Crippen LogP contribution in [0.2, 0.25) is 0 Å². The predicted molar refractivity (Wildman–Crippen MR) is 91.5 cm³/mol. The van der Waals surface area contributed by atoms with Gasteiger partial charge in [-0.25, -0.2) is 0 Å². The first-order valence-corrected chi connectivity index (χ1v) is 7.93. The van der Waals surface area contributed by atoms with Crippen LogP contribution in [-0.4, -0.2) is 37.0 Å². The molecular weight excluding hydrogens is 354 g/mol. The monoisotopic (exact) mass is 375 g/mol. The molecule has 0 saturated carbocycles. The second-order valence-electron chi connectivity index (χ2n) is 5.28. The van der Waals surface area contributed by atoms with Crippen LogP contribution in [0.4, 0.5) is 0 Å². The molecule has 1 heterocycles. The fourth-order valence-electron chi connectivity index (χ4n) is 2.60. The van der Waals surface area contributed by atoms with Gasteiger partial charge in [-0.2, -0.15) is 0 Å². The largest absolute Gasteiger partial charge is 0.355 e. The first-order chi connectivity index (χ1) is 9.69. The molecule has 0 aromatic heterocycles. The molecule has 1 aromatic carbocycles. The second-order valence-corrected chi connectivity index (χ2v) is 6.20. The molecule has 1 aromatic rings. The van der Waals surface area contributed by atoms with Crippen molar-refractivity contribution in [1.29, 1.82) is 0 Å². The molecule has 1 amide bonds. The van der Waals surface area contributed by atoms with Gasteiger partial charge in [0, 0.05) is 30.7 Å². The third-order valence-corrected chi connectivity index (χ3v) is 4.17. The molecule has 1 saturated heterocycles. The fraction of sp³-hybridized carbons (Fsp3) is 0.533. The van der Waals surface area contributed by atoms with Gasteiger partial charge in [-0.1, -0.05) is 28.1 Å². The molecule has 2 rings (SSSR count). The highest BCUT2D eigenvalue weighted by Crippen LogP contribution is 2.19. The summed E-state index contributed by atoms with van der Waals surface area (Å²) in [4.78, 5) is 14.4. The van der Waals surface area contributed by atoms with E-state index >= 15 is 0 Å². The van der Waals surface area contributed by atoms with Gasteiger partial charge < -0.3 is 11.1 Å². The topological polar surface area (TPSA) is 58.4 Å². The van der Waals surface area contributed by atoms with Crippen molar-refractivity contribution in [2.24, 2.45) is 11.7 Å². The number of nitrogens with zero attached hydrogens (tertiary/aromatic N) is 1. The van der Waals surface area contributed by atoms with Crippen molar-refractivity contribution >= 4 is 34.2 Å². The molecule has 1 fully saturated rings. The zero-order valence-corrected chi connectivity index (χ0v) is 14.5. The van der Waals surface area contributed by atoms with Crippen LogP contribution in [0.15, 0.2) is 28.7 Å². The van der Waals surface area contributed by atoms with Crippen LogP contribution in [0.25, 0.3) is 0 Å². The van der Waals surface area contributed by atoms with Crippen molar-refractivity contribution in [3.8, 4) is 0 Å². The van der Waals surface area contributed by atoms with E-state index < -0.39 is 0 Å². The number of likely N-dealkylation sites (tertiary alicyclic amines) is 1. The van der Waals surface area contributed by atoms with Gasteiger partial charge in [0.15, 0.2) is 0 Å². The Kier molecular flexibility index (Phi) is 8.26. The molecule has 1 aliphatic heterocycles. The van der Waals surface area contributed by atoms with Gasteiger partial charge in [0.2, 0.25) is 5.91 Å². The number of amides is 1. The van der Waals surface area contributed by atoms with Crippen LogP contribution in [-0.2, 0) is 11.3 Å². The van der Waals surface area contributed by atoms with Gasteiger partial charge >= 0.3 is 0 Å². The lowest BCUT2D eigenvalue weighted by Gasteiger charge is -2.32. The lowest BCUT2D eigenvalue weighted by molar-refractivity contribution is -0.126. The molecule has 1 aliphatic rings. The molecule has 4 nitrogen and oxygen atoms in total. The SMILES string of the molecule is Cl.NCCNC(=O)C1CCCN(Cc2ccc(Br)cc2)C1. The summed E-state index contributed by atoms with van der Waals surface area (Å²) in [5.41, 5.74) is 6.71. The maximum Gasteiger partial charge on any atom is 0.224 e. The van der Waals surface area contributed by atoms with E-state index in [1.54, 1.807) is 0 Å². The van der Waals surface area contributed by atoms with Crippen molar-refractivity contribution in [3.63, 3.8) is 0 Å². The Hall–Kier alpha value is -0.620. The van der Waals surface area contributed by atoms with E-state index in [4.69, 9.17) is 5.73 Å². The third-order valence-electron chi connectivity index (χ3n) is 3.64. The van der Waals surface area contributed by atoms with Gasteiger partial charge in [-0.05, 0) is 37.1 Å². The minimum Gasteiger partial charge on any atom is -0.355 e. The van der Waals surface area contributed by atoms with Gasteiger partial charge in [-0.15, -0.1) is 12.4 Å². The predicted octanol–water partition coefficient (Wildman–Crippen LogP) is 2.16. The summed E-state index contributed by atoms with van der Waals surface area (Å²) in [5.74, 6) is 0.252. The first-order valence-electron chi connectivity index (χ1n) is 7.13. The molecule has 0 aliphatic carbocycles. The Morgan fingerprint density at radius 2 is 2.10 bits per heavy atom. The summed E-state index contributed by atoms with van der Waals surface area (Å²) >= 11 is 3.45. The van der Waals surface area contributed by atoms with Crippen molar-refractivity contribution in [2.45, 2.75) is 19.4 Å². The number of nitrogens with one attached hydrogen (secondary N) is 1. The second kappa shape index (κ2) is 9.41. The molecule has 0 radical (unpaired) electrons. The summed E-state index contributed by atoms with van der Waals surface area (Å²) in [6.45, 7) is 3.89. The molecule has 3 N–H and O–H groups in total. The van der Waals surface area contributed by atoms with Crippen molar-refractivity contribution in [1.82, 2.24) is 10.2 Å². The molecule has 0 bridgehead atoms. The van der Waals surface area contributed by atoms with E-state index in [9.17, 15) is 4.79 Å². The molecule has 0 spiro atoms. The number of halogens is 2. The summed E-state index contributed by atoms with van der Waals surface area (Å²) < 4.78 is 1.10. The van der Waals surface area contributed by atoms with Crippen LogP contribution >= 0.6 is 28.3 Å². The summed E-state index contributed by atoms with van der Waals surface area (Å²) in [7, 11) is 0. The molecule has 21 heavy (non-hydrogen) atoms. The van der Waals surface area contributed by atoms with Crippen LogP contribution in [0.1, 0.15) is 18.4 Å². The lowest BCUT2D eigenvalue weighted by Crippen LogP contribution is -2.43. The number of carbonyl (C=O) groups is 1. The standard InChI is InChI=1S/C15H22BrN3O.ClH/c16-14-5-3-12(4-6-14)10-19-9-1-2-13(11-19)15(20)18-8-7-17;/h3-6,13H,1-2,7-11,17H2,(H,18,20);1H. The highest BCUT2D eigenvalue weighted by molar-refractivity contribution is 9.10. The van der Waals surface area contributed by atoms with E-state index in [-0.39, 0.29) is 24.2 Å². The fourth-order valence-corrected chi connectivity index (χ4v) is 2.87. The van der Waals surface area contributed by atoms with Crippen LogP contribution < -0.4 is 11.1 Å². The van der Waals surface area contributed by atoms with Gasteiger partial charge in [0.25, 0.3) is 0 Å². The first kappa shape index (κ1) is 18.4. The van der Waals surface area contributed by atoms with E-state index in [0.29, 0.717) is 13.1 Å². The lowest BCUT2D eigenvalue weighted by atomic mass is 9.96. The maximum atomic E-state index is 12.0. The number of hydrogen-bond acceptors (Lipinski definition) is 3.